The fourth-order valence-electron chi connectivity index (χ4n) is 0.721. The smallest absolute Gasteiger partial charge is 0.449 e. The molecule has 0 amide bonds. The number of rotatable bonds is 2. The van der Waals surface area contributed by atoms with Gasteiger partial charge in [0, 0.05) is 12.3 Å². The largest absolute Gasteiger partial charge is 0.512 e. The van der Waals surface area contributed by atoms with Crippen molar-refractivity contribution >= 4 is 43.3 Å². The van der Waals surface area contributed by atoms with E-state index < -0.39 is 16.0 Å². The molecule has 1 aromatic heterocycles. The first kappa shape index (κ1) is 11.5. The molecular formula is C6H5BrO5S2. The van der Waals surface area contributed by atoms with Gasteiger partial charge in [0.25, 0.3) is 0 Å². The molecule has 1 heterocycles. The van der Waals surface area contributed by atoms with Gasteiger partial charge in [-0.1, -0.05) is 11.3 Å². The van der Waals surface area contributed by atoms with Gasteiger partial charge in [-0.15, -0.1) is 0 Å². The molecule has 0 aromatic carbocycles. The Balaban J connectivity index is 3.12. The third-order valence-electron chi connectivity index (χ3n) is 1.16. The normalized spacial score (nSPS) is 11.3. The number of carboxylic acid groups (broad SMARTS) is 1. The zero-order valence-electron chi connectivity index (χ0n) is 6.85. The molecule has 14 heavy (non-hydrogen) atoms. The Morgan fingerprint density at radius 3 is 2.57 bits per heavy atom. The van der Waals surface area contributed by atoms with E-state index in [4.69, 9.17) is 5.11 Å². The summed E-state index contributed by atoms with van der Waals surface area (Å²) in [5.41, 5.74) is 0. The summed E-state index contributed by atoms with van der Waals surface area (Å²) in [7, 11) is -3.35. The van der Waals surface area contributed by atoms with Gasteiger partial charge in [0.2, 0.25) is 0 Å². The van der Waals surface area contributed by atoms with Crippen molar-refractivity contribution in [3.63, 3.8) is 0 Å². The molecule has 0 spiro atoms. The molecule has 1 N–H and O–H groups in total. The SMILES string of the molecule is CS(=O)(=O)c1sc(OC(=O)O)cc1Br. The Bertz CT molecular complexity index is 461. The Morgan fingerprint density at radius 2 is 2.21 bits per heavy atom. The van der Waals surface area contributed by atoms with E-state index in [2.05, 4.69) is 20.7 Å². The average molecular weight is 301 g/mol. The molecule has 1 rings (SSSR count). The molecule has 0 aliphatic carbocycles. The minimum absolute atomic E-state index is 0.0183. The summed E-state index contributed by atoms with van der Waals surface area (Å²) in [4.78, 5) is 10.2. The molecule has 5 nitrogen and oxygen atoms in total. The maximum Gasteiger partial charge on any atom is 0.512 e. The molecule has 0 unspecified atom stereocenters. The maximum absolute atomic E-state index is 11.1. The molecule has 0 fully saturated rings. The Hall–Kier alpha value is -0.600. The quantitative estimate of drug-likeness (QED) is 0.845. The van der Waals surface area contributed by atoms with Gasteiger partial charge in [-0.3, -0.25) is 0 Å². The summed E-state index contributed by atoms with van der Waals surface area (Å²) in [6, 6.07) is 1.30. The van der Waals surface area contributed by atoms with Crippen LogP contribution in [-0.2, 0) is 9.84 Å². The summed E-state index contributed by atoms with van der Waals surface area (Å²) in [6.45, 7) is 0. The number of hydrogen-bond acceptors (Lipinski definition) is 5. The van der Waals surface area contributed by atoms with Crippen LogP contribution in [0.2, 0.25) is 0 Å². The van der Waals surface area contributed by atoms with E-state index in [1.807, 2.05) is 0 Å². The molecular weight excluding hydrogens is 296 g/mol. The molecule has 0 aliphatic heterocycles. The van der Waals surface area contributed by atoms with E-state index in [0.29, 0.717) is 4.47 Å². The predicted molar refractivity (Wildman–Crippen MR) is 53.8 cm³/mol. The lowest BCUT2D eigenvalue weighted by atomic mass is 10.6. The first-order valence-corrected chi connectivity index (χ1v) is 6.71. The molecule has 0 aliphatic rings. The second kappa shape index (κ2) is 3.87. The van der Waals surface area contributed by atoms with Crippen molar-refractivity contribution in [1.82, 2.24) is 0 Å². The predicted octanol–water partition coefficient (Wildman–Crippen LogP) is 1.97. The number of hydrogen-bond donors (Lipinski definition) is 1. The number of sulfone groups is 1. The number of ether oxygens (including phenoxy) is 1. The van der Waals surface area contributed by atoms with Crippen LogP contribution in [0.5, 0.6) is 5.06 Å². The van der Waals surface area contributed by atoms with Crippen molar-refractivity contribution in [2.75, 3.05) is 6.26 Å². The van der Waals surface area contributed by atoms with Crippen molar-refractivity contribution in [2.24, 2.45) is 0 Å². The van der Waals surface area contributed by atoms with Crippen molar-refractivity contribution in [3.8, 4) is 5.06 Å². The summed E-state index contributed by atoms with van der Waals surface area (Å²) in [6.07, 6.45) is -0.437. The maximum atomic E-state index is 11.1. The summed E-state index contributed by atoms with van der Waals surface area (Å²) in [5, 5.41) is 8.31. The third-order valence-corrected chi connectivity index (χ3v) is 5.17. The van der Waals surface area contributed by atoms with E-state index >= 15 is 0 Å². The second-order valence-electron chi connectivity index (χ2n) is 2.34. The summed E-state index contributed by atoms with van der Waals surface area (Å²) in [5.74, 6) is 0. The van der Waals surface area contributed by atoms with Crippen LogP contribution < -0.4 is 4.74 Å². The third kappa shape index (κ3) is 2.69. The van der Waals surface area contributed by atoms with Crippen LogP contribution in [-0.4, -0.2) is 25.9 Å². The van der Waals surface area contributed by atoms with Gasteiger partial charge in [-0.25, -0.2) is 13.2 Å². The average Bonchev–Trinajstić information content (AvgIpc) is 2.27. The molecule has 0 saturated heterocycles. The summed E-state index contributed by atoms with van der Waals surface area (Å²) < 4.78 is 26.9. The highest BCUT2D eigenvalue weighted by Gasteiger charge is 2.18. The van der Waals surface area contributed by atoms with Gasteiger partial charge in [-0.05, 0) is 15.9 Å². The Morgan fingerprint density at radius 1 is 1.64 bits per heavy atom. The second-order valence-corrected chi connectivity index (χ2v) is 6.42. The van der Waals surface area contributed by atoms with Gasteiger partial charge in [0.15, 0.2) is 14.9 Å². The minimum Gasteiger partial charge on any atom is -0.449 e. The highest BCUT2D eigenvalue weighted by molar-refractivity contribution is 9.10. The topological polar surface area (TPSA) is 80.7 Å². The van der Waals surface area contributed by atoms with Crippen molar-refractivity contribution in [2.45, 2.75) is 4.21 Å². The molecule has 8 heteroatoms. The van der Waals surface area contributed by atoms with Crippen LogP contribution in [0.3, 0.4) is 0 Å². The van der Waals surface area contributed by atoms with Gasteiger partial charge in [-0.2, -0.15) is 0 Å². The van der Waals surface area contributed by atoms with Gasteiger partial charge >= 0.3 is 6.16 Å². The lowest BCUT2D eigenvalue weighted by molar-refractivity contribution is 0.146. The van der Waals surface area contributed by atoms with E-state index in [1.165, 1.54) is 6.07 Å². The Kier molecular flexibility index (Phi) is 3.17. The van der Waals surface area contributed by atoms with Crippen molar-refractivity contribution in [3.05, 3.63) is 10.5 Å². The molecule has 0 bridgehead atoms. The van der Waals surface area contributed by atoms with Crippen LogP contribution in [0.4, 0.5) is 4.79 Å². The molecule has 0 radical (unpaired) electrons. The number of thiophene rings is 1. The zero-order valence-corrected chi connectivity index (χ0v) is 10.1. The van der Waals surface area contributed by atoms with E-state index in [9.17, 15) is 13.2 Å². The molecule has 0 atom stereocenters. The van der Waals surface area contributed by atoms with Crippen LogP contribution in [0.25, 0.3) is 0 Å². The van der Waals surface area contributed by atoms with Crippen molar-refractivity contribution < 1.29 is 23.1 Å². The lowest BCUT2D eigenvalue weighted by Gasteiger charge is -1.92. The van der Waals surface area contributed by atoms with Gasteiger partial charge in [0.1, 0.15) is 4.21 Å². The zero-order chi connectivity index (χ0) is 10.9. The molecule has 78 valence electrons. The minimum atomic E-state index is -3.35. The highest BCUT2D eigenvalue weighted by Crippen LogP contribution is 2.36. The van der Waals surface area contributed by atoms with Crippen LogP contribution in [0.15, 0.2) is 14.7 Å². The van der Waals surface area contributed by atoms with E-state index in [-0.39, 0.29) is 9.27 Å². The van der Waals surface area contributed by atoms with E-state index in [0.717, 1.165) is 17.6 Å². The monoisotopic (exact) mass is 300 g/mol. The van der Waals surface area contributed by atoms with Crippen LogP contribution in [0.1, 0.15) is 0 Å². The van der Waals surface area contributed by atoms with Crippen molar-refractivity contribution in [1.29, 1.82) is 0 Å². The first-order chi connectivity index (χ1) is 6.30. The van der Waals surface area contributed by atoms with E-state index in [1.54, 1.807) is 0 Å². The standard InChI is InChI=1S/C6H5BrO5S2/c1-14(10,11)5-3(7)2-4(13-5)12-6(8)9/h2H,1H3,(H,8,9). The molecule has 0 saturated carbocycles. The fraction of sp³-hybridized carbons (Fsp3) is 0.167. The van der Waals surface area contributed by atoms with Crippen LogP contribution >= 0.6 is 27.3 Å². The number of halogens is 1. The van der Waals surface area contributed by atoms with Crippen LogP contribution in [0, 0.1) is 0 Å². The first-order valence-electron chi connectivity index (χ1n) is 3.21. The number of carbonyl (C=O) groups is 1. The highest BCUT2D eigenvalue weighted by atomic mass is 79.9. The van der Waals surface area contributed by atoms with Gasteiger partial charge < -0.3 is 9.84 Å². The van der Waals surface area contributed by atoms with Gasteiger partial charge in [0.05, 0.1) is 4.47 Å². The Labute approximate surface area is 92.4 Å². The lowest BCUT2D eigenvalue weighted by Crippen LogP contribution is -2.00. The fourth-order valence-corrected chi connectivity index (χ4v) is 4.10. The molecule has 1 aromatic rings. The summed E-state index contributed by atoms with van der Waals surface area (Å²) >= 11 is 3.76.